The van der Waals surface area contributed by atoms with E-state index < -0.39 is 37.1 Å². The molecule has 9 heteroatoms. The highest BCUT2D eigenvalue weighted by Crippen LogP contribution is 2.39. The lowest BCUT2D eigenvalue weighted by molar-refractivity contribution is -0.230. The van der Waals surface area contributed by atoms with Gasteiger partial charge in [0.15, 0.2) is 0 Å². The topological polar surface area (TPSA) is 109 Å². The second kappa shape index (κ2) is 10.9. The van der Waals surface area contributed by atoms with Crippen molar-refractivity contribution < 1.29 is 34.6 Å². The van der Waals surface area contributed by atoms with Crippen LogP contribution >= 0.6 is 22.9 Å². The maximum atomic E-state index is 10.3. The zero-order chi connectivity index (χ0) is 21.7. The standard InChI is InChI=1S/C21H27ClO7S/c1-2-27-7-8-28-14-5-3-12(4-6-14)9-13-10-16(30-21(13)22)20-19(26)18(25)17(24)15(11-23)29-20/h3-6,10,15,17-20,23-26H,2,7-9,11H2,1H3. The summed E-state index contributed by atoms with van der Waals surface area (Å²) in [7, 11) is 0. The maximum absolute atomic E-state index is 10.3. The third-order valence-electron chi connectivity index (χ3n) is 4.97. The first-order valence-electron chi connectivity index (χ1n) is 9.82. The molecule has 30 heavy (non-hydrogen) atoms. The summed E-state index contributed by atoms with van der Waals surface area (Å²) in [4.78, 5) is 0.628. The Morgan fingerprint density at radius 2 is 1.80 bits per heavy atom. The highest BCUT2D eigenvalue weighted by molar-refractivity contribution is 7.16. The first-order valence-corrected chi connectivity index (χ1v) is 11.0. The number of halogens is 1. The van der Waals surface area contributed by atoms with Gasteiger partial charge < -0.3 is 34.6 Å². The molecular weight excluding hydrogens is 432 g/mol. The van der Waals surface area contributed by atoms with Crippen molar-refractivity contribution in [2.75, 3.05) is 26.4 Å². The van der Waals surface area contributed by atoms with E-state index in [1.165, 1.54) is 11.3 Å². The van der Waals surface area contributed by atoms with Crippen molar-refractivity contribution in [3.8, 4) is 5.75 Å². The van der Waals surface area contributed by atoms with Gasteiger partial charge in [0, 0.05) is 11.5 Å². The minimum Gasteiger partial charge on any atom is -0.491 e. The first kappa shape index (κ1) is 23.4. The molecule has 0 bridgehead atoms. The Bertz CT molecular complexity index is 795. The monoisotopic (exact) mass is 458 g/mol. The predicted octanol–water partition coefficient (Wildman–Crippen LogP) is 1.92. The number of thiophene rings is 1. The van der Waals surface area contributed by atoms with Gasteiger partial charge in [0.25, 0.3) is 0 Å². The Morgan fingerprint density at radius 3 is 2.47 bits per heavy atom. The minimum atomic E-state index is -1.42. The number of hydrogen-bond acceptors (Lipinski definition) is 8. The Labute approximate surface area is 184 Å². The van der Waals surface area contributed by atoms with E-state index in [1.807, 2.05) is 37.3 Å². The Morgan fingerprint density at radius 1 is 1.07 bits per heavy atom. The number of aliphatic hydroxyl groups excluding tert-OH is 4. The highest BCUT2D eigenvalue weighted by atomic mass is 35.5. The summed E-state index contributed by atoms with van der Waals surface area (Å²) in [6.45, 7) is 3.17. The average molecular weight is 459 g/mol. The maximum Gasteiger partial charge on any atom is 0.121 e. The molecule has 5 atom stereocenters. The van der Waals surface area contributed by atoms with E-state index in [9.17, 15) is 20.4 Å². The molecule has 1 aromatic heterocycles. The second-order valence-corrected chi connectivity index (χ2v) is 8.75. The van der Waals surface area contributed by atoms with E-state index in [4.69, 9.17) is 25.8 Å². The van der Waals surface area contributed by atoms with E-state index in [0.717, 1.165) is 16.9 Å². The molecule has 1 fully saturated rings. The molecule has 5 unspecified atom stereocenters. The van der Waals surface area contributed by atoms with Crippen LogP contribution in [0, 0.1) is 0 Å². The smallest absolute Gasteiger partial charge is 0.121 e. The summed E-state index contributed by atoms with van der Waals surface area (Å²) in [5.41, 5.74) is 1.89. The van der Waals surface area contributed by atoms with Gasteiger partial charge >= 0.3 is 0 Å². The highest BCUT2D eigenvalue weighted by Gasteiger charge is 2.44. The van der Waals surface area contributed by atoms with E-state index in [0.29, 0.717) is 35.5 Å². The first-order chi connectivity index (χ1) is 14.4. The zero-order valence-electron chi connectivity index (χ0n) is 16.6. The zero-order valence-corrected chi connectivity index (χ0v) is 18.2. The van der Waals surface area contributed by atoms with Crippen LogP contribution in [0.3, 0.4) is 0 Å². The molecule has 1 saturated heterocycles. The van der Waals surface area contributed by atoms with Gasteiger partial charge in [0.1, 0.15) is 42.9 Å². The molecule has 2 aromatic rings. The fourth-order valence-electron chi connectivity index (χ4n) is 3.31. The molecule has 1 aliphatic heterocycles. The van der Waals surface area contributed by atoms with Gasteiger partial charge in [-0.25, -0.2) is 0 Å². The van der Waals surface area contributed by atoms with Crippen LogP contribution in [0.2, 0.25) is 4.34 Å². The molecule has 166 valence electrons. The molecule has 0 spiro atoms. The lowest BCUT2D eigenvalue weighted by atomic mass is 9.94. The molecule has 1 aromatic carbocycles. The predicted molar refractivity (Wildman–Crippen MR) is 113 cm³/mol. The van der Waals surface area contributed by atoms with Gasteiger partial charge in [-0.2, -0.15) is 0 Å². The second-order valence-electron chi connectivity index (χ2n) is 7.06. The quantitative estimate of drug-likeness (QED) is 0.425. The number of rotatable bonds is 9. The third-order valence-corrected chi connectivity index (χ3v) is 6.47. The normalized spacial score (nSPS) is 26.7. The molecule has 2 heterocycles. The molecular formula is C21H27ClO7S. The summed E-state index contributed by atoms with van der Waals surface area (Å²) >= 11 is 7.65. The van der Waals surface area contributed by atoms with Crippen LogP contribution in [0.25, 0.3) is 0 Å². The third kappa shape index (κ3) is 5.52. The number of aliphatic hydroxyl groups is 4. The Balaban J connectivity index is 1.66. The minimum absolute atomic E-state index is 0.466. The number of benzene rings is 1. The summed E-state index contributed by atoms with van der Waals surface area (Å²) < 4.78 is 17.0. The molecule has 1 aliphatic rings. The van der Waals surface area contributed by atoms with E-state index in [1.54, 1.807) is 0 Å². The van der Waals surface area contributed by atoms with Crippen LogP contribution in [0.4, 0.5) is 0 Å². The molecule has 0 amide bonds. The Kier molecular flexibility index (Phi) is 8.50. The molecule has 0 saturated carbocycles. The fraction of sp³-hybridized carbons (Fsp3) is 0.524. The van der Waals surface area contributed by atoms with Crippen molar-refractivity contribution in [3.05, 3.63) is 50.7 Å². The van der Waals surface area contributed by atoms with Gasteiger partial charge in [-0.1, -0.05) is 23.7 Å². The largest absolute Gasteiger partial charge is 0.491 e. The average Bonchev–Trinajstić information content (AvgIpc) is 3.11. The molecule has 3 rings (SSSR count). The lowest BCUT2D eigenvalue weighted by Crippen LogP contribution is -2.55. The van der Waals surface area contributed by atoms with Crippen molar-refractivity contribution in [1.82, 2.24) is 0 Å². The summed E-state index contributed by atoms with van der Waals surface area (Å²) in [5, 5.41) is 39.7. The van der Waals surface area contributed by atoms with E-state index in [2.05, 4.69) is 0 Å². The van der Waals surface area contributed by atoms with Gasteiger partial charge in [0.2, 0.25) is 0 Å². The Hall–Kier alpha value is -1.23. The molecule has 0 aliphatic carbocycles. The summed E-state index contributed by atoms with van der Waals surface area (Å²) in [6, 6.07) is 9.52. The van der Waals surface area contributed by atoms with Gasteiger partial charge in [-0.3, -0.25) is 0 Å². The van der Waals surface area contributed by atoms with Crippen LogP contribution in [-0.2, 0) is 15.9 Å². The van der Waals surface area contributed by atoms with Crippen molar-refractivity contribution in [1.29, 1.82) is 0 Å². The molecule has 7 nitrogen and oxygen atoms in total. The van der Waals surface area contributed by atoms with Crippen molar-refractivity contribution in [2.24, 2.45) is 0 Å². The van der Waals surface area contributed by atoms with Crippen LogP contribution in [0.5, 0.6) is 5.75 Å². The SMILES string of the molecule is CCOCCOc1ccc(Cc2cc(C3OC(CO)C(O)C(O)C3O)sc2Cl)cc1. The molecule has 0 radical (unpaired) electrons. The van der Waals surface area contributed by atoms with Crippen LogP contribution in [-0.4, -0.2) is 71.3 Å². The van der Waals surface area contributed by atoms with Crippen molar-refractivity contribution in [2.45, 2.75) is 43.9 Å². The summed E-state index contributed by atoms with van der Waals surface area (Å²) in [6.07, 6.45) is -5.37. The van der Waals surface area contributed by atoms with E-state index in [-0.39, 0.29) is 0 Å². The van der Waals surface area contributed by atoms with E-state index >= 15 is 0 Å². The lowest BCUT2D eigenvalue weighted by Gasteiger charge is -2.39. The molecule has 4 N–H and O–H groups in total. The van der Waals surface area contributed by atoms with Crippen LogP contribution in [0.15, 0.2) is 30.3 Å². The summed E-state index contributed by atoms with van der Waals surface area (Å²) in [5.74, 6) is 0.761. The van der Waals surface area contributed by atoms with Gasteiger partial charge in [-0.05, 0) is 42.7 Å². The fourth-order valence-corrected chi connectivity index (χ4v) is 4.68. The van der Waals surface area contributed by atoms with Crippen LogP contribution < -0.4 is 4.74 Å². The van der Waals surface area contributed by atoms with Crippen molar-refractivity contribution >= 4 is 22.9 Å². The van der Waals surface area contributed by atoms with Crippen molar-refractivity contribution in [3.63, 3.8) is 0 Å². The van der Waals surface area contributed by atoms with Gasteiger partial charge in [-0.15, -0.1) is 11.3 Å². The van der Waals surface area contributed by atoms with Crippen LogP contribution in [0.1, 0.15) is 29.0 Å². The van der Waals surface area contributed by atoms with Gasteiger partial charge in [0.05, 0.1) is 17.6 Å². The number of ether oxygens (including phenoxy) is 3. The number of hydrogen-bond donors (Lipinski definition) is 4.